The summed E-state index contributed by atoms with van der Waals surface area (Å²) in [5.41, 5.74) is 0. The highest BCUT2D eigenvalue weighted by Gasteiger charge is 2.20. The van der Waals surface area contributed by atoms with E-state index in [0.29, 0.717) is 0 Å². The zero-order chi connectivity index (χ0) is 9.26. The molecule has 5 heteroatoms. The van der Waals surface area contributed by atoms with Gasteiger partial charge in [0.1, 0.15) is 6.10 Å². The van der Waals surface area contributed by atoms with E-state index in [0.717, 1.165) is 13.1 Å². The van der Waals surface area contributed by atoms with Gasteiger partial charge in [-0.3, -0.25) is 0 Å². The van der Waals surface area contributed by atoms with Crippen molar-refractivity contribution in [2.75, 3.05) is 13.1 Å². The molecule has 0 amide bonds. The topological polar surface area (TPSA) is 34.1 Å². The Morgan fingerprint density at radius 1 is 1.62 bits per heavy atom. The van der Waals surface area contributed by atoms with Crippen LogP contribution in [0.1, 0.15) is 0 Å². The minimum absolute atomic E-state index is 0.0240. The lowest BCUT2D eigenvalue weighted by Gasteiger charge is -2.27. The van der Waals surface area contributed by atoms with Gasteiger partial charge in [-0.2, -0.15) is 0 Å². The minimum atomic E-state index is -0.514. The quantitative estimate of drug-likeness (QED) is 0.783. The molecule has 2 heterocycles. The molecule has 3 nitrogen and oxygen atoms in total. The zero-order valence-corrected chi connectivity index (χ0v) is 7.51. The first-order valence-corrected chi connectivity index (χ1v) is 4.32. The van der Waals surface area contributed by atoms with Gasteiger partial charge < -0.3 is 10.1 Å². The second-order valence-corrected chi connectivity index (χ2v) is 3.28. The Hall–Kier alpha value is -0.870. The summed E-state index contributed by atoms with van der Waals surface area (Å²) in [6.07, 6.45) is 1.40. The monoisotopic (exact) mass is 202 g/mol. The molecule has 2 rings (SSSR count). The number of halogens is 2. The fraction of sp³-hybridized carbons (Fsp3) is 0.375. The van der Waals surface area contributed by atoms with Gasteiger partial charge in [0.2, 0.25) is 0 Å². The maximum absolute atomic E-state index is 13.1. The van der Waals surface area contributed by atoms with Crippen LogP contribution in [0.3, 0.4) is 0 Å². The molecule has 0 unspecified atom stereocenters. The fourth-order valence-electron chi connectivity index (χ4n) is 0.992. The van der Waals surface area contributed by atoms with Crippen molar-refractivity contribution in [3.8, 4) is 5.88 Å². The van der Waals surface area contributed by atoms with Gasteiger partial charge in [0, 0.05) is 19.3 Å². The number of rotatable bonds is 2. The van der Waals surface area contributed by atoms with Crippen LogP contribution >= 0.6 is 11.6 Å². The Morgan fingerprint density at radius 3 is 2.92 bits per heavy atom. The molecular formula is C8H8ClFN2O. The molecule has 1 fully saturated rings. The molecule has 1 aliphatic heterocycles. The van der Waals surface area contributed by atoms with Crippen LogP contribution < -0.4 is 10.1 Å². The van der Waals surface area contributed by atoms with Gasteiger partial charge in [0.05, 0.1) is 5.02 Å². The Balaban J connectivity index is 2.10. The lowest BCUT2D eigenvalue weighted by Crippen LogP contribution is -2.50. The van der Waals surface area contributed by atoms with E-state index in [1.54, 1.807) is 0 Å². The third-order valence-corrected chi connectivity index (χ3v) is 2.00. The van der Waals surface area contributed by atoms with Crippen molar-refractivity contribution in [2.24, 2.45) is 0 Å². The van der Waals surface area contributed by atoms with Crippen molar-refractivity contribution in [3.63, 3.8) is 0 Å². The number of aromatic nitrogens is 1. The predicted octanol–water partition coefficient (Wildman–Crippen LogP) is 1.22. The second kappa shape index (κ2) is 3.47. The Morgan fingerprint density at radius 2 is 2.38 bits per heavy atom. The van der Waals surface area contributed by atoms with Crippen molar-refractivity contribution in [3.05, 3.63) is 23.1 Å². The third kappa shape index (κ3) is 1.89. The second-order valence-electron chi connectivity index (χ2n) is 2.84. The van der Waals surface area contributed by atoms with Crippen LogP contribution in [0.5, 0.6) is 5.88 Å². The largest absolute Gasteiger partial charge is 0.470 e. The highest BCUT2D eigenvalue weighted by atomic mass is 35.5. The third-order valence-electron chi connectivity index (χ3n) is 1.80. The van der Waals surface area contributed by atoms with E-state index in [9.17, 15) is 4.39 Å². The van der Waals surface area contributed by atoms with E-state index < -0.39 is 5.82 Å². The summed E-state index contributed by atoms with van der Waals surface area (Å²) in [4.78, 5) is 3.74. The molecule has 1 aliphatic rings. The molecule has 0 atom stereocenters. The maximum atomic E-state index is 13.1. The number of nitrogens with zero attached hydrogens (tertiary/aromatic N) is 1. The van der Waals surface area contributed by atoms with Gasteiger partial charge in [-0.15, -0.1) is 0 Å². The summed E-state index contributed by atoms with van der Waals surface area (Å²) in [6, 6.07) is 1.19. The molecule has 1 N–H and O–H groups in total. The molecule has 70 valence electrons. The fourth-order valence-corrected chi connectivity index (χ4v) is 1.14. The molecule has 0 bridgehead atoms. The molecule has 0 aromatic carbocycles. The van der Waals surface area contributed by atoms with Crippen molar-refractivity contribution in [1.29, 1.82) is 0 Å². The van der Waals surface area contributed by atoms with Crippen LogP contribution in [-0.2, 0) is 0 Å². The van der Waals surface area contributed by atoms with Crippen LogP contribution in [0.15, 0.2) is 12.3 Å². The van der Waals surface area contributed by atoms with E-state index in [1.165, 1.54) is 12.3 Å². The van der Waals surface area contributed by atoms with Crippen LogP contribution in [0.4, 0.5) is 4.39 Å². The van der Waals surface area contributed by atoms with Crippen molar-refractivity contribution in [1.82, 2.24) is 10.3 Å². The molecule has 1 aromatic rings. The van der Waals surface area contributed by atoms with Gasteiger partial charge in [-0.1, -0.05) is 11.6 Å². The minimum Gasteiger partial charge on any atom is -0.470 e. The van der Waals surface area contributed by atoms with Crippen LogP contribution in [0.2, 0.25) is 5.02 Å². The van der Waals surface area contributed by atoms with Gasteiger partial charge in [0.25, 0.3) is 5.88 Å². The molecule has 0 saturated carbocycles. The zero-order valence-electron chi connectivity index (χ0n) is 6.76. The van der Waals surface area contributed by atoms with E-state index in [-0.39, 0.29) is 17.0 Å². The first kappa shape index (κ1) is 8.72. The van der Waals surface area contributed by atoms with E-state index in [2.05, 4.69) is 10.3 Å². The number of nitrogens with one attached hydrogen (secondary N) is 1. The van der Waals surface area contributed by atoms with Gasteiger partial charge in [0.15, 0.2) is 5.82 Å². The first-order chi connectivity index (χ1) is 6.25. The van der Waals surface area contributed by atoms with E-state index >= 15 is 0 Å². The molecule has 1 aromatic heterocycles. The van der Waals surface area contributed by atoms with Gasteiger partial charge >= 0.3 is 0 Å². The Kier molecular flexibility index (Phi) is 2.33. The predicted molar refractivity (Wildman–Crippen MR) is 46.5 cm³/mol. The average molecular weight is 203 g/mol. The summed E-state index contributed by atoms with van der Waals surface area (Å²) in [5.74, 6) is -0.490. The van der Waals surface area contributed by atoms with E-state index in [4.69, 9.17) is 16.3 Å². The molecule has 0 radical (unpaired) electrons. The number of hydrogen-bond donors (Lipinski definition) is 1. The molecular weight excluding hydrogens is 195 g/mol. The van der Waals surface area contributed by atoms with Crippen molar-refractivity contribution >= 4 is 11.6 Å². The summed E-state index contributed by atoms with van der Waals surface area (Å²) < 4.78 is 18.3. The smallest absolute Gasteiger partial charge is 0.250 e. The summed E-state index contributed by atoms with van der Waals surface area (Å²) >= 11 is 5.53. The average Bonchev–Trinajstić information content (AvgIpc) is 1.99. The lowest BCUT2D eigenvalue weighted by atomic mass is 10.2. The maximum Gasteiger partial charge on any atom is 0.250 e. The highest BCUT2D eigenvalue weighted by molar-refractivity contribution is 6.30. The van der Waals surface area contributed by atoms with Gasteiger partial charge in [-0.25, -0.2) is 9.37 Å². The van der Waals surface area contributed by atoms with Crippen molar-refractivity contribution in [2.45, 2.75) is 6.10 Å². The SMILES string of the molecule is Fc1cc(Cl)cnc1OC1CNC1. The highest BCUT2D eigenvalue weighted by Crippen LogP contribution is 2.19. The lowest BCUT2D eigenvalue weighted by molar-refractivity contribution is 0.130. The first-order valence-electron chi connectivity index (χ1n) is 3.94. The van der Waals surface area contributed by atoms with Crippen molar-refractivity contribution < 1.29 is 9.13 Å². The summed E-state index contributed by atoms with van der Waals surface area (Å²) in [7, 11) is 0. The molecule has 0 spiro atoms. The Labute approximate surface area is 79.9 Å². The van der Waals surface area contributed by atoms with Crippen LogP contribution in [0, 0.1) is 5.82 Å². The summed E-state index contributed by atoms with van der Waals surface area (Å²) in [5, 5.41) is 3.29. The molecule has 13 heavy (non-hydrogen) atoms. The van der Waals surface area contributed by atoms with Gasteiger partial charge in [-0.05, 0) is 6.07 Å². The van der Waals surface area contributed by atoms with Crippen LogP contribution in [-0.4, -0.2) is 24.2 Å². The summed E-state index contributed by atoms with van der Waals surface area (Å²) in [6.45, 7) is 1.48. The number of ether oxygens (including phenoxy) is 1. The standard InChI is InChI=1S/C8H8ClFN2O/c9-5-1-7(10)8(12-2-5)13-6-3-11-4-6/h1-2,6,11H,3-4H2. The normalized spacial score (nSPS) is 16.8. The Bertz CT molecular complexity index is 317. The number of hydrogen-bond acceptors (Lipinski definition) is 3. The van der Waals surface area contributed by atoms with E-state index in [1.807, 2.05) is 0 Å². The number of pyridine rings is 1. The van der Waals surface area contributed by atoms with Crippen LogP contribution in [0.25, 0.3) is 0 Å². The molecule has 1 saturated heterocycles. The molecule has 0 aliphatic carbocycles.